The zero-order valence-corrected chi connectivity index (χ0v) is 18.3. The van der Waals surface area contributed by atoms with Crippen molar-refractivity contribution >= 4 is 35.8 Å². The molecule has 0 aromatic rings. The zero-order chi connectivity index (χ0) is 17.7. The molecule has 0 atom stereocenters. The van der Waals surface area contributed by atoms with E-state index < -0.39 is 0 Å². The number of methoxy groups -OCH3 is 1. The van der Waals surface area contributed by atoms with Gasteiger partial charge in [0.1, 0.15) is 0 Å². The molecule has 0 radical (unpaired) electrons. The first-order valence-corrected chi connectivity index (χ1v) is 8.38. The van der Waals surface area contributed by atoms with Crippen LogP contribution < -0.4 is 16.0 Å². The molecule has 0 bridgehead atoms. The Morgan fingerprint density at radius 1 is 1.08 bits per heavy atom. The largest absolute Gasteiger partial charge is 0.383 e. The maximum atomic E-state index is 11.6. The number of hydrogen-bond acceptors (Lipinski definition) is 4. The molecule has 0 saturated carbocycles. The fourth-order valence-electron chi connectivity index (χ4n) is 2.32. The number of amides is 1. The molecular formula is C16H36IN5O2. The highest BCUT2D eigenvalue weighted by atomic mass is 127. The second-order valence-corrected chi connectivity index (χ2v) is 5.97. The lowest BCUT2D eigenvalue weighted by atomic mass is 10.2. The Balaban J connectivity index is 0. The molecule has 0 spiro atoms. The van der Waals surface area contributed by atoms with Gasteiger partial charge in [-0.25, -0.2) is 0 Å². The normalized spacial score (nSPS) is 11.6. The Labute approximate surface area is 164 Å². The fourth-order valence-corrected chi connectivity index (χ4v) is 2.32. The van der Waals surface area contributed by atoms with Crippen LogP contribution in [0, 0.1) is 0 Å². The van der Waals surface area contributed by atoms with Crippen LogP contribution in [0.5, 0.6) is 0 Å². The lowest BCUT2D eigenvalue weighted by Crippen LogP contribution is -2.44. The number of rotatable bonds is 11. The van der Waals surface area contributed by atoms with Crippen molar-refractivity contribution in [1.29, 1.82) is 0 Å². The van der Waals surface area contributed by atoms with Gasteiger partial charge in [0.15, 0.2) is 5.96 Å². The summed E-state index contributed by atoms with van der Waals surface area (Å²) in [5.74, 6) is 0.573. The Morgan fingerprint density at radius 2 is 1.71 bits per heavy atom. The van der Waals surface area contributed by atoms with Gasteiger partial charge in [0, 0.05) is 45.9 Å². The molecule has 7 nitrogen and oxygen atoms in total. The van der Waals surface area contributed by atoms with Gasteiger partial charge in [0.05, 0.1) is 13.2 Å². The maximum absolute atomic E-state index is 11.6. The van der Waals surface area contributed by atoms with Gasteiger partial charge < -0.3 is 20.7 Å². The average molecular weight is 457 g/mol. The molecule has 0 unspecified atom stereocenters. The van der Waals surface area contributed by atoms with Crippen molar-refractivity contribution in [2.75, 3.05) is 46.9 Å². The standard InChI is InChI=1S/C16H35N5O2.HI/c1-13(2)21(14(3)4)10-7-8-19-16(17-5)20-12-15(22)18-9-11-23-6;/h13-14H,7-12H2,1-6H3,(H,18,22)(H2,17,19,20);1H. The lowest BCUT2D eigenvalue weighted by Gasteiger charge is -2.30. The van der Waals surface area contributed by atoms with E-state index in [-0.39, 0.29) is 36.4 Å². The predicted molar refractivity (Wildman–Crippen MR) is 111 cm³/mol. The van der Waals surface area contributed by atoms with Crippen molar-refractivity contribution in [2.45, 2.75) is 46.2 Å². The summed E-state index contributed by atoms with van der Waals surface area (Å²) in [6.45, 7) is 12.0. The molecule has 0 aromatic carbocycles. The van der Waals surface area contributed by atoms with Crippen LogP contribution in [-0.2, 0) is 9.53 Å². The van der Waals surface area contributed by atoms with Crippen molar-refractivity contribution < 1.29 is 9.53 Å². The Bertz CT molecular complexity index is 343. The van der Waals surface area contributed by atoms with E-state index in [1.54, 1.807) is 14.2 Å². The molecule has 0 aliphatic carbocycles. The van der Waals surface area contributed by atoms with Crippen LogP contribution in [0.3, 0.4) is 0 Å². The fraction of sp³-hybridized carbons (Fsp3) is 0.875. The van der Waals surface area contributed by atoms with Crippen LogP contribution in [0.4, 0.5) is 0 Å². The highest BCUT2D eigenvalue weighted by Gasteiger charge is 2.12. The summed E-state index contributed by atoms with van der Waals surface area (Å²) in [6, 6.07) is 1.09. The van der Waals surface area contributed by atoms with E-state index in [2.05, 4.69) is 53.5 Å². The number of nitrogens with one attached hydrogen (secondary N) is 3. The monoisotopic (exact) mass is 457 g/mol. The molecular weight excluding hydrogens is 421 g/mol. The quantitative estimate of drug-likeness (QED) is 0.187. The summed E-state index contributed by atoms with van der Waals surface area (Å²) >= 11 is 0. The molecule has 0 saturated heterocycles. The third-order valence-electron chi connectivity index (χ3n) is 3.48. The zero-order valence-electron chi connectivity index (χ0n) is 16.0. The van der Waals surface area contributed by atoms with Crippen LogP contribution in [-0.4, -0.2) is 75.8 Å². The SMILES string of the molecule is CN=C(NCCCN(C(C)C)C(C)C)NCC(=O)NCCOC.I. The molecule has 3 N–H and O–H groups in total. The van der Waals surface area contributed by atoms with Gasteiger partial charge >= 0.3 is 0 Å². The van der Waals surface area contributed by atoms with Gasteiger partial charge in [0.2, 0.25) is 5.91 Å². The minimum absolute atomic E-state index is 0. The van der Waals surface area contributed by atoms with E-state index in [1.807, 2.05) is 0 Å². The molecule has 0 heterocycles. The molecule has 0 aliphatic heterocycles. The van der Waals surface area contributed by atoms with Crippen molar-refractivity contribution in [3.05, 3.63) is 0 Å². The van der Waals surface area contributed by atoms with E-state index in [0.717, 1.165) is 19.5 Å². The molecule has 0 rings (SSSR count). The predicted octanol–water partition coefficient (Wildman–Crippen LogP) is 1.04. The Kier molecular flexibility index (Phi) is 17.0. The number of halogens is 1. The summed E-state index contributed by atoms with van der Waals surface area (Å²) < 4.78 is 4.88. The Hall–Kier alpha value is -0.610. The third-order valence-corrected chi connectivity index (χ3v) is 3.48. The van der Waals surface area contributed by atoms with E-state index in [1.165, 1.54) is 0 Å². The highest BCUT2D eigenvalue weighted by molar-refractivity contribution is 14.0. The summed E-state index contributed by atoms with van der Waals surface area (Å²) in [5, 5.41) is 8.99. The molecule has 144 valence electrons. The molecule has 0 aromatic heterocycles. The molecule has 0 fully saturated rings. The van der Waals surface area contributed by atoms with E-state index >= 15 is 0 Å². The molecule has 0 aliphatic rings. The van der Waals surface area contributed by atoms with Crippen molar-refractivity contribution in [2.24, 2.45) is 4.99 Å². The van der Waals surface area contributed by atoms with Gasteiger partial charge in [-0.2, -0.15) is 0 Å². The van der Waals surface area contributed by atoms with E-state index in [4.69, 9.17) is 4.74 Å². The number of carbonyl (C=O) groups excluding carboxylic acids is 1. The number of nitrogens with zero attached hydrogens (tertiary/aromatic N) is 2. The first-order valence-electron chi connectivity index (χ1n) is 8.38. The minimum Gasteiger partial charge on any atom is -0.383 e. The molecule has 8 heteroatoms. The molecule has 1 amide bonds. The summed E-state index contributed by atoms with van der Waals surface area (Å²) in [7, 11) is 3.31. The van der Waals surface area contributed by atoms with Crippen molar-refractivity contribution in [1.82, 2.24) is 20.9 Å². The van der Waals surface area contributed by atoms with Gasteiger partial charge in [0.25, 0.3) is 0 Å². The van der Waals surface area contributed by atoms with Crippen LogP contribution in [0.2, 0.25) is 0 Å². The first-order chi connectivity index (χ1) is 10.9. The second kappa shape index (κ2) is 15.9. The Morgan fingerprint density at radius 3 is 2.21 bits per heavy atom. The van der Waals surface area contributed by atoms with Crippen molar-refractivity contribution in [3.8, 4) is 0 Å². The summed E-state index contributed by atoms with van der Waals surface area (Å²) in [5.41, 5.74) is 0. The minimum atomic E-state index is -0.0733. The number of ether oxygens (including phenoxy) is 1. The van der Waals surface area contributed by atoms with Crippen LogP contribution >= 0.6 is 24.0 Å². The number of carbonyl (C=O) groups is 1. The highest BCUT2D eigenvalue weighted by Crippen LogP contribution is 2.05. The van der Waals surface area contributed by atoms with Gasteiger partial charge in [-0.3, -0.25) is 14.7 Å². The lowest BCUT2D eigenvalue weighted by molar-refractivity contribution is -0.120. The van der Waals surface area contributed by atoms with Crippen LogP contribution in [0.1, 0.15) is 34.1 Å². The van der Waals surface area contributed by atoms with Gasteiger partial charge in [-0.05, 0) is 34.1 Å². The number of hydrogen-bond donors (Lipinski definition) is 3. The van der Waals surface area contributed by atoms with Crippen LogP contribution in [0.15, 0.2) is 4.99 Å². The third kappa shape index (κ3) is 12.8. The maximum Gasteiger partial charge on any atom is 0.239 e. The van der Waals surface area contributed by atoms with Crippen molar-refractivity contribution in [3.63, 3.8) is 0 Å². The second-order valence-electron chi connectivity index (χ2n) is 5.97. The number of guanidine groups is 1. The topological polar surface area (TPSA) is 78.0 Å². The first kappa shape index (κ1) is 25.6. The van der Waals surface area contributed by atoms with Gasteiger partial charge in [-0.1, -0.05) is 0 Å². The van der Waals surface area contributed by atoms with Crippen LogP contribution in [0.25, 0.3) is 0 Å². The average Bonchev–Trinajstić information content (AvgIpc) is 2.49. The smallest absolute Gasteiger partial charge is 0.239 e. The number of aliphatic imine (C=N–C) groups is 1. The van der Waals surface area contributed by atoms with Gasteiger partial charge in [-0.15, -0.1) is 24.0 Å². The van der Waals surface area contributed by atoms with E-state index in [0.29, 0.717) is 31.2 Å². The summed E-state index contributed by atoms with van der Waals surface area (Å²) in [6.07, 6.45) is 1.02. The molecule has 24 heavy (non-hydrogen) atoms. The summed E-state index contributed by atoms with van der Waals surface area (Å²) in [4.78, 5) is 18.2. The van der Waals surface area contributed by atoms with E-state index in [9.17, 15) is 4.79 Å².